The molecule has 9 heteroatoms. The Hall–Kier alpha value is -3.78. The van der Waals surface area contributed by atoms with Gasteiger partial charge in [-0.25, -0.2) is 14.8 Å². The predicted octanol–water partition coefficient (Wildman–Crippen LogP) is 3.39. The van der Waals surface area contributed by atoms with Crippen LogP contribution in [0.2, 0.25) is 5.15 Å². The first-order valence-corrected chi connectivity index (χ1v) is 10.5. The average molecular weight is 449 g/mol. The number of hydrazone groups is 1. The molecule has 8 nitrogen and oxygen atoms in total. The van der Waals surface area contributed by atoms with Gasteiger partial charge >= 0.3 is 0 Å². The number of carbonyl (C=O) groups excluding carboxylic acids is 1. The Labute approximate surface area is 189 Å². The lowest BCUT2D eigenvalue weighted by atomic mass is 10.1. The highest BCUT2D eigenvalue weighted by molar-refractivity contribution is 6.32. The van der Waals surface area contributed by atoms with Gasteiger partial charge in [-0.1, -0.05) is 60.1 Å². The molecule has 4 rings (SSSR count). The molecule has 32 heavy (non-hydrogen) atoms. The quantitative estimate of drug-likeness (QED) is 0.361. The summed E-state index contributed by atoms with van der Waals surface area (Å²) in [5, 5.41) is 14.1. The minimum Gasteiger partial charge on any atom is -0.267 e. The van der Waals surface area contributed by atoms with E-state index in [0.29, 0.717) is 40.3 Å². The van der Waals surface area contributed by atoms with Crippen molar-refractivity contribution in [1.82, 2.24) is 25.0 Å². The van der Waals surface area contributed by atoms with Crippen LogP contribution in [0.1, 0.15) is 34.2 Å². The van der Waals surface area contributed by atoms with E-state index in [0.717, 1.165) is 5.56 Å². The predicted molar refractivity (Wildman–Crippen MR) is 124 cm³/mol. The van der Waals surface area contributed by atoms with Gasteiger partial charge in [0.2, 0.25) is 0 Å². The van der Waals surface area contributed by atoms with Crippen molar-refractivity contribution in [3.63, 3.8) is 0 Å². The maximum Gasteiger partial charge on any atom is 0.292 e. The third-order valence-electron chi connectivity index (χ3n) is 5.03. The van der Waals surface area contributed by atoms with E-state index < -0.39 is 5.91 Å². The molecule has 1 amide bonds. The third-order valence-corrected chi connectivity index (χ3v) is 5.43. The zero-order valence-electron chi connectivity index (χ0n) is 17.6. The minimum atomic E-state index is -0.523. The van der Waals surface area contributed by atoms with E-state index in [-0.39, 0.29) is 11.3 Å². The maximum atomic E-state index is 12.8. The van der Waals surface area contributed by atoms with Crippen LogP contribution in [0, 0.1) is 6.92 Å². The van der Waals surface area contributed by atoms with Gasteiger partial charge in [0.25, 0.3) is 11.5 Å². The molecule has 0 radical (unpaired) electrons. The number of carbonyl (C=O) groups is 1. The number of aryl methyl sites for hydroxylation is 2. The van der Waals surface area contributed by atoms with Crippen LogP contribution >= 0.6 is 11.6 Å². The van der Waals surface area contributed by atoms with Crippen LogP contribution in [0.25, 0.3) is 10.8 Å². The Morgan fingerprint density at radius 1 is 1.06 bits per heavy atom. The Morgan fingerprint density at radius 3 is 2.47 bits per heavy atom. The van der Waals surface area contributed by atoms with Crippen molar-refractivity contribution in [1.29, 1.82) is 0 Å². The summed E-state index contributed by atoms with van der Waals surface area (Å²) in [5.74, 6) is -0.523. The second kappa shape index (κ2) is 9.15. The number of amides is 1. The number of fused-ring (bicyclic) bond motifs is 1. The summed E-state index contributed by atoms with van der Waals surface area (Å²) in [4.78, 5) is 25.2. The Kier molecular flexibility index (Phi) is 6.13. The molecule has 0 saturated heterocycles. The standard InChI is InChI=1S/C23H21ClN6O2/c1-3-29-23(32)18-12-8-7-11-17(18)20(28-29)22(31)26-25-13-19-15(2)27-30(21(19)24)14-16-9-5-4-6-10-16/h4-13H,3,14H2,1-2H3,(H,26,31)/b25-13+. The van der Waals surface area contributed by atoms with E-state index in [1.807, 2.05) is 37.3 Å². The molecule has 0 fully saturated rings. The topological polar surface area (TPSA) is 94.2 Å². The first-order chi connectivity index (χ1) is 15.5. The second-order valence-electron chi connectivity index (χ2n) is 7.15. The average Bonchev–Trinajstić information content (AvgIpc) is 3.07. The molecule has 0 bridgehead atoms. The second-order valence-corrected chi connectivity index (χ2v) is 7.51. The largest absolute Gasteiger partial charge is 0.292 e. The van der Waals surface area contributed by atoms with Crippen molar-refractivity contribution >= 4 is 34.5 Å². The van der Waals surface area contributed by atoms with E-state index in [1.165, 1.54) is 10.9 Å². The van der Waals surface area contributed by atoms with Crippen molar-refractivity contribution in [2.75, 3.05) is 0 Å². The van der Waals surface area contributed by atoms with Crippen molar-refractivity contribution in [2.45, 2.75) is 26.9 Å². The highest BCUT2D eigenvalue weighted by Gasteiger charge is 2.16. The molecule has 0 atom stereocenters. The smallest absolute Gasteiger partial charge is 0.267 e. The molecule has 0 aliphatic heterocycles. The molecule has 0 unspecified atom stereocenters. The zero-order valence-corrected chi connectivity index (χ0v) is 18.4. The molecule has 0 spiro atoms. The number of hydrogen-bond acceptors (Lipinski definition) is 5. The summed E-state index contributed by atoms with van der Waals surface area (Å²) in [5.41, 5.74) is 4.73. The lowest BCUT2D eigenvalue weighted by molar-refractivity contribution is 0.0949. The summed E-state index contributed by atoms with van der Waals surface area (Å²) < 4.78 is 2.94. The minimum absolute atomic E-state index is 0.127. The molecule has 1 N–H and O–H groups in total. The van der Waals surface area contributed by atoms with E-state index in [9.17, 15) is 9.59 Å². The monoisotopic (exact) mass is 448 g/mol. The molecule has 2 heterocycles. The number of aromatic nitrogens is 4. The molecule has 162 valence electrons. The molecule has 2 aromatic carbocycles. The normalized spacial score (nSPS) is 11.3. The molecule has 2 aromatic heterocycles. The van der Waals surface area contributed by atoms with Gasteiger partial charge < -0.3 is 0 Å². The Balaban J connectivity index is 1.57. The summed E-state index contributed by atoms with van der Waals surface area (Å²) in [6.45, 7) is 4.49. The zero-order chi connectivity index (χ0) is 22.7. The van der Waals surface area contributed by atoms with E-state index in [2.05, 4.69) is 20.7 Å². The summed E-state index contributed by atoms with van der Waals surface area (Å²) >= 11 is 6.49. The van der Waals surface area contributed by atoms with Crippen molar-refractivity contribution in [3.8, 4) is 0 Å². The van der Waals surface area contributed by atoms with Gasteiger partial charge in [-0.2, -0.15) is 15.3 Å². The summed E-state index contributed by atoms with van der Waals surface area (Å²) in [6, 6.07) is 16.7. The number of rotatable bonds is 6. The van der Waals surface area contributed by atoms with Crippen LogP contribution in [0.5, 0.6) is 0 Å². The lowest BCUT2D eigenvalue weighted by Crippen LogP contribution is -2.28. The number of nitrogens with one attached hydrogen (secondary N) is 1. The molecule has 0 aliphatic carbocycles. The van der Waals surface area contributed by atoms with Gasteiger partial charge in [-0.15, -0.1) is 0 Å². The number of hydrogen-bond donors (Lipinski definition) is 1. The molecule has 0 saturated carbocycles. The lowest BCUT2D eigenvalue weighted by Gasteiger charge is -2.08. The van der Waals surface area contributed by atoms with Crippen molar-refractivity contribution < 1.29 is 4.79 Å². The van der Waals surface area contributed by atoms with Crippen molar-refractivity contribution in [2.24, 2.45) is 5.10 Å². The summed E-state index contributed by atoms with van der Waals surface area (Å²) in [7, 11) is 0. The number of halogens is 1. The Morgan fingerprint density at radius 2 is 1.75 bits per heavy atom. The van der Waals surface area contributed by atoms with Gasteiger partial charge in [0.1, 0.15) is 5.15 Å². The van der Waals surface area contributed by atoms with Crippen LogP contribution < -0.4 is 11.0 Å². The van der Waals surface area contributed by atoms with E-state index in [1.54, 1.807) is 35.9 Å². The molecule has 0 aliphatic rings. The van der Waals surface area contributed by atoms with E-state index >= 15 is 0 Å². The first-order valence-electron chi connectivity index (χ1n) is 10.1. The van der Waals surface area contributed by atoms with Gasteiger partial charge in [-0.3, -0.25) is 9.59 Å². The van der Waals surface area contributed by atoms with Crippen LogP contribution in [0.15, 0.2) is 64.5 Å². The van der Waals surface area contributed by atoms with Crippen LogP contribution in [-0.2, 0) is 13.1 Å². The fraction of sp³-hybridized carbons (Fsp3) is 0.174. The van der Waals surface area contributed by atoms with Gasteiger partial charge in [0.15, 0.2) is 5.69 Å². The van der Waals surface area contributed by atoms with E-state index in [4.69, 9.17) is 11.6 Å². The number of benzene rings is 2. The van der Waals surface area contributed by atoms with Crippen LogP contribution in [0.3, 0.4) is 0 Å². The van der Waals surface area contributed by atoms with Crippen molar-refractivity contribution in [3.05, 3.63) is 92.6 Å². The SMILES string of the molecule is CCn1nc(C(=O)N/N=C/c2c(C)nn(Cc3ccccc3)c2Cl)c2ccccc2c1=O. The third kappa shape index (κ3) is 4.17. The molecular weight excluding hydrogens is 428 g/mol. The fourth-order valence-electron chi connectivity index (χ4n) is 3.40. The first kappa shape index (κ1) is 21.5. The van der Waals surface area contributed by atoms with Gasteiger partial charge in [0, 0.05) is 11.9 Å². The highest BCUT2D eigenvalue weighted by Crippen LogP contribution is 2.19. The van der Waals surface area contributed by atoms with Gasteiger partial charge in [0.05, 0.1) is 29.4 Å². The number of nitrogens with zero attached hydrogens (tertiary/aromatic N) is 5. The van der Waals surface area contributed by atoms with Crippen LogP contribution in [-0.4, -0.2) is 31.7 Å². The van der Waals surface area contributed by atoms with Gasteiger partial charge in [-0.05, 0) is 25.5 Å². The fourth-order valence-corrected chi connectivity index (χ4v) is 3.68. The summed E-state index contributed by atoms with van der Waals surface area (Å²) in [6.07, 6.45) is 1.46. The molecule has 4 aromatic rings. The maximum absolute atomic E-state index is 12.8. The highest BCUT2D eigenvalue weighted by atomic mass is 35.5. The van der Waals surface area contributed by atoms with Crippen LogP contribution in [0.4, 0.5) is 0 Å². The molecular formula is C23H21ClN6O2. The Bertz CT molecular complexity index is 1370.